The molecule has 14 heavy (non-hydrogen) atoms. The molecule has 0 saturated heterocycles. The molecule has 0 atom stereocenters. The first-order valence-electron chi connectivity index (χ1n) is 5.53. The first-order chi connectivity index (χ1) is 6.64. The van der Waals surface area contributed by atoms with Crippen LogP contribution in [-0.2, 0) is 0 Å². The summed E-state index contributed by atoms with van der Waals surface area (Å²) in [6, 6.07) is 2.26. The Morgan fingerprint density at radius 1 is 1.43 bits per heavy atom. The summed E-state index contributed by atoms with van der Waals surface area (Å²) in [5.74, 6) is 0. The Labute approximate surface area is 86.8 Å². The highest BCUT2D eigenvalue weighted by Gasteiger charge is 2.32. The van der Waals surface area contributed by atoms with Crippen molar-refractivity contribution in [1.82, 2.24) is 0 Å². The van der Waals surface area contributed by atoms with E-state index in [1.54, 1.807) is 0 Å². The van der Waals surface area contributed by atoms with Gasteiger partial charge < -0.3 is 5.73 Å². The fourth-order valence-electron chi connectivity index (χ4n) is 2.29. The molecule has 0 aromatic rings. The predicted octanol–water partition coefficient (Wildman–Crippen LogP) is 3.10. The SMILES string of the molecule is CCCC(C#N)=C(N)C1(C)CCCC1. The Morgan fingerprint density at radius 2 is 2.00 bits per heavy atom. The van der Waals surface area contributed by atoms with Gasteiger partial charge in [0.25, 0.3) is 0 Å². The number of nitriles is 1. The van der Waals surface area contributed by atoms with Gasteiger partial charge in [-0.05, 0) is 19.3 Å². The summed E-state index contributed by atoms with van der Waals surface area (Å²) in [6.07, 6.45) is 6.63. The summed E-state index contributed by atoms with van der Waals surface area (Å²) in [7, 11) is 0. The molecule has 2 N–H and O–H groups in total. The van der Waals surface area contributed by atoms with Gasteiger partial charge in [0.1, 0.15) is 0 Å². The van der Waals surface area contributed by atoms with Gasteiger partial charge in [-0.2, -0.15) is 5.26 Å². The van der Waals surface area contributed by atoms with Crippen molar-refractivity contribution in [2.45, 2.75) is 52.4 Å². The number of nitrogens with zero attached hydrogens (tertiary/aromatic N) is 1. The van der Waals surface area contributed by atoms with Crippen LogP contribution in [0.4, 0.5) is 0 Å². The molecule has 0 amide bonds. The van der Waals surface area contributed by atoms with Crippen LogP contribution in [-0.4, -0.2) is 0 Å². The van der Waals surface area contributed by atoms with Gasteiger partial charge in [0.15, 0.2) is 0 Å². The third-order valence-corrected chi connectivity index (χ3v) is 3.32. The molecule has 0 heterocycles. The summed E-state index contributed by atoms with van der Waals surface area (Å²) in [5.41, 5.74) is 7.90. The third kappa shape index (κ3) is 2.09. The summed E-state index contributed by atoms with van der Waals surface area (Å²) in [6.45, 7) is 4.28. The second kappa shape index (κ2) is 4.50. The Bertz CT molecular complexity index is 265. The topological polar surface area (TPSA) is 49.8 Å². The van der Waals surface area contributed by atoms with E-state index in [0.717, 1.165) is 37.0 Å². The lowest BCUT2D eigenvalue weighted by atomic mass is 9.82. The molecule has 1 rings (SSSR count). The maximum Gasteiger partial charge on any atom is 0.0965 e. The van der Waals surface area contributed by atoms with Gasteiger partial charge in [0.2, 0.25) is 0 Å². The van der Waals surface area contributed by atoms with Gasteiger partial charge >= 0.3 is 0 Å². The molecule has 1 aliphatic carbocycles. The Morgan fingerprint density at radius 3 is 2.43 bits per heavy atom. The molecular formula is C12H20N2. The smallest absolute Gasteiger partial charge is 0.0965 e. The monoisotopic (exact) mass is 192 g/mol. The number of hydrogen-bond acceptors (Lipinski definition) is 2. The van der Waals surface area contributed by atoms with Crippen molar-refractivity contribution in [3.63, 3.8) is 0 Å². The summed E-state index contributed by atoms with van der Waals surface area (Å²) in [4.78, 5) is 0. The van der Waals surface area contributed by atoms with E-state index in [1.807, 2.05) is 0 Å². The fourth-order valence-corrected chi connectivity index (χ4v) is 2.29. The average Bonchev–Trinajstić information content (AvgIpc) is 2.62. The van der Waals surface area contributed by atoms with Gasteiger partial charge in [0, 0.05) is 16.7 Å². The van der Waals surface area contributed by atoms with Crippen molar-refractivity contribution < 1.29 is 0 Å². The maximum atomic E-state index is 9.01. The van der Waals surface area contributed by atoms with E-state index < -0.39 is 0 Å². The molecule has 0 radical (unpaired) electrons. The first-order valence-corrected chi connectivity index (χ1v) is 5.53. The lowest BCUT2D eigenvalue weighted by molar-refractivity contribution is 0.405. The minimum Gasteiger partial charge on any atom is -0.401 e. The van der Waals surface area contributed by atoms with Gasteiger partial charge in [-0.1, -0.05) is 33.1 Å². The Balaban J connectivity index is 2.88. The number of allylic oxidation sites excluding steroid dienone is 2. The molecule has 2 nitrogen and oxygen atoms in total. The van der Waals surface area contributed by atoms with Crippen LogP contribution in [0.2, 0.25) is 0 Å². The van der Waals surface area contributed by atoms with Crippen molar-refractivity contribution >= 4 is 0 Å². The predicted molar refractivity (Wildman–Crippen MR) is 58.3 cm³/mol. The summed E-state index contributed by atoms with van der Waals surface area (Å²) in [5, 5.41) is 9.01. The standard InChI is InChI=1S/C12H20N2/c1-3-6-10(9-13)11(14)12(2)7-4-5-8-12/h3-8,14H2,1-2H3. The molecular weight excluding hydrogens is 172 g/mol. The second-order valence-corrected chi connectivity index (χ2v) is 4.52. The zero-order valence-corrected chi connectivity index (χ0v) is 9.27. The van der Waals surface area contributed by atoms with Gasteiger partial charge in [0.05, 0.1) is 6.07 Å². The van der Waals surface area contributed by atoms with Gasteiger partial charge in [-0.25, -0.2) is 0 Å². The Kier molecular flexibility index (Phi) is 3.57. The molecule has 0 unspecified atom stereocenters. The molecule has 1 aliphatic rings. The average molecular weight is 192 g/mol. The van der Waals surface area contributed by atoms with Crippen LogP contribution < -0.4 is 5.73 Å². The quantitative estimate of drug-likeness (QED) is 0.698. The highest BCUT2D eigenvalue weighted by Crippen LogP contribution is 2.42. The van der Waals surface area contributed by atoms with Gasteiger partial charge in [-0.15, -0.1) is 0 Å². The van der Waals surface area contributed by atoms with E-state index in [-0.39, 0.29) is 5.41 Å². The van der Waals surface area contributed by atoms with Crippen molar-refractivity contribution in [2.75, 3.05) is 0 Å². The minimum absolute atomic E-state index is 0.111. The zero-order valence-electron chi connectivity index (χ0n) is 9.27. The van der Waals surface area contributed by atoms with Crippen LogP contribution in [0, 0.1) is 16.7 Å². The van der Waals surface area contributed by atoms with Crippen LogP contribution in [0.1, 0.15) is 52.4 Å². The van der Waals surface area contributed by atoms with Crippen LogP contribution in [0.15, 0.2) is 11.3 Å². The van der Waals surface area contributed by atoms with E-state index in [4.69, 9.17) is 11.0 Å². The normalized spacial score (nSPS) is 21.5. The molecule has 0 aromatic carbocycles. The molecule has 0 spiro atoms. The van der Waals surface area contributed by atoms with E-state index in [0.29, 0.717) is 0 Å². The van der Waals surface area contributed by atoms with Crippen molar-refractivity contribution in [1.29, 1.82) is 5.26 Å². The van der Waals surface area contributed by atoms with E-state index in [2.05, 4.69) is 19.9 Å². The van der Waals surface area contributed by atoms with Crippen LogP contribution in [0.3, 0.4) is 0 Å². The molecule has 1 saturated carbocycles. The largest absolute Gasteiger partial charge is 0.401 e. The number of hydrogen-bond donors (Lipinski definition) is 1. The molecule has 78 valence electrons. The summed E-state index contributed by atoms with van der Waals surface area (Å²) >= 11 is 0. The van der Waals surface area contributed by atoms with Crippen LogP contribution in [0.25, 0.3) is 0 Å². The van der Waals surface area contributed by atoms with Gasteiger partial charge in [-0.3, -0.25) is 0 Å². The number of rotatable bonds is 3. The van der Waals surface area contributed by atoms with E-state index in [1.165, 1.54) is 12.8 Å². The zero-order chi connectivity index (χ0) is 10.6. The maximum absolute atomic E-state index is 9.01. The van der Waals surface area contributed by atoms with Crippen molar-refractivity contribution in [3.05, 3.63) is 11.3 Å². The van der Waals surface area contributed by atoms with Crippen molar-refractivity contribution in [2.24, 2.45) is 11.1 Å². The Hall–Kier alpha value is -0.970. The van der Waals surface area contributed by atoms with Crippen molar-refractivity contribution in [3.8, 4) is 6.07 Å². The molecule has 1 fully saturated rings. The fraction of sp³-hybridized carbons (Fsp3) is 0.750. The first kappa shape index (κ1) is 11.1. The van der Waals surface area contributed by atoms with Crippen LogP contribution in [0.5, 0.6) is 0 Å². The molecule has 0 bridgehead atoms. The highest BCUT2D eigenvalue weighted by atomic mass is 14.7. The number of nitrogens with two attached hydrogens (primary N) is 1. The lowest BCUT2D eigenvalue weighted by Gasteiger charge is -2.25. The highest BCUT2D eigenvalue weighted by molar-refractivity contribution is 5.30. The van der Waals surface area contributed by atoms with Crippen LogP contribution >= 0.6 is 0 Å². The van der Waals surface area contributed by atoms with E-state index in [9.17, 15) is 0 Å². The summed E-state index contributed by atoms with van der Waals surface area (Å²) < 4.78 is 0. The molecule has 0 aromatic heterocycles. The minimum atomic E-state index is 0.111. The second-order valence-electron chi connectivity index (χ2n) is 4.52. The molecule has 0 aliphatic heterocycles. The van der Waals surface area contributed by atoms with E-state index >= 15 is 0 Å². The molecule has 2 heteroatoms. The third-order valence-electron chi connectivity index (χ3n) is 3.32. The lowest BCUT2D eigenvalue weighted by Crippen LogP contribution is -2.23.